The minimum Gasteiger partial charge on any atom is -0.469 e. The molecular formula is C13H15N3O2S. The van der Waals surface area contributed by atoms with Crippen molar-refractivity contribution in [1.29, 1.82) is 0 Å². The van der Waals surface area contributed by atoms with Crippen LogP contribution >= 0.6 is 12.2 Å². The third-order valence-electron chi connectivity index (χ3n) is 6.75. The lowest BCUT2D eigenvalue weighted by atomic mass is 9.34. The molecule has 0 heterocycles. The van der Waals surface area contributed by atoms with Crippen LogP contribution in [-0.2, 0) is 9.53 Å². The van der Waals surface area contributed by atoms with Crippen molar-refractivity contribution < 1.29 is 9.53 Å². The van der Waals surface area contributed by atoms with Gasteiger partial charge in [-0.3, -0.25) is 10.2 Å². The number of thiocarbonyl (C=S) groups is 1. The monoisotopic (exact) mass is 277 g/mol. The smallest absolute Gasteiger partial charge is 0.313 e. The highest BCUT2D eigenvalue weighted by Gasteiger charge is 2.95. The minimum absolute atomic E-state index is 0.00470. The third kappa shape index (κ3) is 0.759. The molecule has 0 aromatic carbocycles. The third-order valence-corrected chi connectivity index (χ3v) is 6.84. The van der Waals surface area contributed by atoms with Crippen LogP contribution in [0.5, 0.6) is 0 Å². The van der Waals surface area contributed by atoms with E-state index in [0.717, 1.165) is 17.5 Å². The number of rotatable bonds is 2. The molecular weight excluding hydrogens is 262 g/mol. The molecule has 6 rings (SSSR count). The fraction of sp³-hybridized carbons (Fsp3) is 0.769. The van der Waals surface area contributed by atoms with Gasteiger partial charge in [0.15, 0.2) is 5.11 Å². The van der Waals surface area contributed by atoms with Crippen molar-refractivity contribution >= 4 is 29.0 Å². The maximum absolute atomic E-state index is 12.4. The van der Waals surface area contributed by atoms with E-state index >= 15 is 0 Å². The van der Waals surface area contributed by atoms with Gasteiger partial charge < -0.3 is 10.5 Å². The predicted molar refractivity (Wildman–Crippen MR) is 70.9 cm³/mol. The Morgan fingerprint density at radius 1 is 1.58 bits per heavy atom. The summed E-state index contributed by atoms with van der Waals surface area (Å²) in [5.74, 6) is 4.01. The van der Waals surface area contributed by atoms with Crippen LogP contribution in [0.1, 0.15) is 6.42 Å². The number of nitrogens with two attached hydrogens (primary N) is 1. The average Bonchev–Trinajstić information content (AvgIpc) is 2.84. The van der Waals surface area contributed by atoms with Crippen molar-refractivity contribution in [2.24, 2.45) is 57.7 Å². The molecule has 3 N–H and O–H groups in total. The normalized spacial score (nSPS) is 59.0. The van der Waals surface area contributed by atoms with Crippen molar-refractivity contribution in [2.45, 2.75) is 6.42 Å². The molecule has 0 amide bonds. The Balaban J connectivity index is 1.61. The molecule has 0 aliphatic heterocycles. The van der Waals surface area contributed by atoms with Gasteiger partial charge in [-0.05, 0) is 48.2 Å². The SMILES string of the molecule is COC(=O)[C@@]12[C@@H]3[C@@H]4/C(=N/NC(N)=S)[C@@H]1[C@H]1C[C@H]2[C@H]3[C@H]14. The molecule has 0 aromatic rings. The number of nitrogens with zero attached hydrogens (tertiary/aromatic N) is 1. The van der Waals surface area contributed by atoms with Gasteiger partial charge in [0.25, 0.3) is 0 Å². The van der Waals surface area contributed by atoms with Crippen LogP contribution in [-0.4, -0.2) is 23.9 Å². The van der Waals surface area contributed by atoms with Gasteiger partial charge in [-0.2, -0.15) is 5.10 Å². The summed E-state index contributed by atoms with van der Waals surface area (Å²) in [5.41, 5.74) is 9.10. The highest BCUT2D eigenvalue weighted by Crippen LogP contribution is 2.92. The second-order valence-corrected chi connectivity index (χ2v) is 7.07. The number of nitrogens with one attached hydrogen (secondary N) is 1. The highest BCUT2D eigenvalue weighted by atomic mass is 32.1. The molecule has 6 aliphatic carbocycles. The number of hydrogen-bond acceptors (Lipinski definition) is 4. The Morgan fingerprint density at radius 3 is 3.05 bits per heavy atom. The second-order valence-electron chi connectivity index (χ2n) is 6.63. The second kappa shape index (κ2) is 2.80. The van der Waals surface area contributed by atoms with Crippen molar-refractivity contribution in [3.05, 3.63) is 0 Å². The summed E-state index contributed by atoms with van der Waals surface area (Å²) < 4.78 is 5.13. The van der Waals surface area contributed by atoms with Crippen molar-refractivity contribution in [1.82, 2.24) is 5.43 Å². The molecule has 100 valence electrons. The largest absolute Gasteiger partial charge is 0.469 e. The first-order valence-electron chi connectivity index (χ1n) is 6.85. The zero-order chi connectivity index (χ0) is 13.1. The highest BCUT2D eigenvalue weighted by molar-refractivity contribution is 7.80. The average molecular weight is 277 g/mol. The molecule has 5 nitrogen and oxygen atoms in total. The molecule has 4 bridgehead atoms. The molecule has 6 saturated carbocycles. The molecule has 19 heavy (non-hydrogen) atoms. The number of methoxy groups -OCH3 is 1. The maximum Gasteiger partial charge on any atom is 0.313 e. The van der Waals surface area contributed by atoms with E-state index in [9.17, 15) is 4.79 Å². The first kappa shape index (κ1) is 10.6. The summed E-state index contributed by atoms with van der Waals surface area (Å²) in [7, 11) is 1.51. The molecule has 0 aromatic heterocycles. The first-order valence-corrected chi connectivity index (χ1v) is 7.26. The van der Waals surface area contributed by atoms with E-state index in [2.05, 4.69) is 10.5 Å². The fourth-order valence-electron chi connectivity index (χ4n) is 6.81. The maximum atomic E-state index is 12.4. The standard InChI is InChI=1S/C13H15N3O2S/c1-18-11(17)13-4-2-3-5-6(4)9(13)7(5)10(8(3)13)15-16-12(14)19/h3-9H,2H2,1H3,(H3,14,16,19)/b15-10-/t3-,4-,5-,6-,7+,8-,9-,13+/m0/s1. The Kier molecular flexibility index (Phi) is 1.56. The van der Waals surface area contributed by atoms with Gasteiger partial charge in [0.2, 0.25) is 0 Å². The molecule has 6 fully saturated rings. The Labute approximate surface area is 115 Å². The van der Waals surface area contributed by atoms with Gasteiger partial charge in [-0.1, -0.05) is 0 Å². The zero-order valence-electron chi connectivity index (χ0n) is 10.5. The van der Waals surface area contributed by atoms with E-state index < -0.39 is 0 Å². The van der Waals surface area contributed by atoms with E-state index in [1.54, 1.807) is 0 Å². The summed E-state index contributed by atoms with van der Waals surface area (Å²) in [5, 5.41) is 4.63. The van der Waals surface area contributed by atoms with Gasteiger partial charge in [0, 0.05) is 17.5 Å². The van der Waals surface area contributed by atoms with E-state index in [1.807, 2.05) is 0 Å². The molecule has 6 aliphatic rings. The quantitative estimate of drug-likeness (QED) is 0.425. The lowest BCUT2D eigenvalue weighted by Crippen LogP contribution is -2.70. The summed E-state index contributed by atoms with van der Waals surface area (Å²) in [6.07, 6.45) is 1.19. The summed E-state index contributed by atoms with van der Waals surface area (Å²) in [4.78, 5) is 12.4. The Hall–Kier alpha value is -1.17. The van der Waals surface area contributed by atoms with Gasteiger partial charge in [-0.15, -0.1) is 0 Å². The van der Waals surface area contributed by atoms with E-state index in [4.69, 9.17) is 22.7 Å². The minimum atomic E-state index is -0.236. The first-order chi connectivity index (χ1) is 9.14. The molecule has 6 heteroatoms. The van der Waals surface area contributed by atoms with Crippen molar-refractivity contribution in [3.63, 3.8) is 0 Å². The van der Waals surface area contributed by atoms with Crippen LogP contribution < -0.4 is 11.2 Å². The van der Waals surface area contributed by atoms with E-state index in [-0.39, 0.29) is 22.4 Å². The van der Waals surface area contributed by atoms with Crippen LogP contribution in [0.3, 0.4) is 0 Å². The van der Waals surface area contributed by atoms with Crippen LogP contribution in [0.4, 0.5) is 0 Å². The van der Waals surface area contributed by atoms with Crippen LogP contribution in [0, 0.1) is 46.8 Å². The summed E-state index contributed by atoms with van der Waals surface area (Å²) in [6, 6.07) is 0. The van der Waals surface area contributed by atoms with Crippen molar-refractivity contribution in [2.75, 3.05) is 7.11 Å². The number of hydrazone groups is 1. The van der Waals surface area contributed by atoms with Crippen LogP contribution in [0.15, 0.2) is 5.10 Å². The molecule has 0 unspecified atom stereocenters. The number of carbonyl (C=O) groups is 1. The predicted octanol–water partition coefficient (Wildman–Crippen LogP) is 0.106. The lowest BCUT2D eigenvalue weighted by molar-refractivity contribution is -0.246. The lowest BCUT2D eigenvalue weighted by Gasteiger charge is -2.68. The van der Waals surface area contributed by atoms with E-state index in [0.29, 0.717) is 23.7 Å². The molecule has 0 saturated heterocycles. The van der Waals surface area contributed by atoms with Crippen LogP contribution in [0.2, 0.25) is 0 Å². The van der Waals surface area contributed by atoms with Crippen LogP contribution in [0.25, 0.3) is 0 Å². The summed E-state index contributed by atoms with van der Waals surface area (Å²) in [6.45, 7) is 0. The number of ether oxygens (including phenoxy) is 1. The van der Waals surface area contributed by atoms with E-state index in [1.165, 1.54) is 13.5 Å². The van der Waals surface area contributed by atoms with Gasteiger partial charge in [0.05, 0.1) is 12.5 Å². The topological polar surface area (TPSA) is 76.7 Å². The molecule has 0 radical (unpaired) electrons. The molecule has 8 atom stereocenters. The van der Waals surface area contributed by atoms with Gasteiger partial charge in [0.1, 0.15) is 0 Å². The number of esters is 1. The molecule has 0 spiro atoms. The van der Waals surface area contributed by atoms with Crippen molar-refractivity contribution in [3.8, 4) is 0 Å². The summed E-state index contributed by atoms with van der Waals surface area (Å²) >= 11 is 4.82. The number of carbonyl (C=O) groups excluding carboxylic acids is 1. The van der Waals surface area contributed by atoms with Gasteiger partial charge >= 0.3 is 5.97 Å². The number of hydrogen-bond donors (Lipinski definition) is 2. The van der Waals surface area contributed by atoms with Gasteiger partial charge in [-0.25, -0.2) is 0 Å². The Morgan fingerprint density at radius 2 is 2.37 bits per heavy atom. The zero-order valence-corrected chi connectivity index (χ0v) is 11.3. The fourth-order valence-corrected chi connectivity index (χ4v) is 6.85. The Bertz CT molecular complexity index is 576.